The highest BCUT2D eigenvalue weighted by atomic mass is 32.2. The quantitative estimate of drug-likeness (QED) is 0.0848. The summed E-state index contributed by atoms with van der Waals surface area (Å²) in [7, 11) is -2.25. The Labute approximate surface area is 294 Å². The molecule has 1 saturated carbocycles. The van der Waals surface area contributed by atoms with Crippen LogP contribution in [0.4, 0.5) is 14.6 Å². The first kappa shape index (κ1) is 35.4. The van der Waals surface area contributed by atoms with Gasteiger partial charge in [-0.2, -0.15) is 0 Å². The SMILES string of the molecule is CSc1nc(N2CC3CCC(C3)C2)c2c(OC(C)C)nc(-c3cc(O)cc4ccc(F)c(C#C[Si](C(C)C)(C(C)C)C(C)C)c34)c(F)c2n1. The van der Waals surface area contributed by atoms with E-state index in [-0.39, 0.29) is 40.1 Å². The van der Waals surface area contributed by atoms with Gasteiger partial charge in [0.25, 0.3) is 0 Å². The number of rotatable bonds is 8. The summed E-state index contributed by atoms with van der Waals surface area (Å²) in [5.74, 6) is 4.03. The molecule has 6 rings (SSSR count). The van der Waals surface area contributed by atoms with E-state index in [1.54, 1.807) is 12.1 Å². The van der Waals surface area contributed by atoms with Gasteiger partial charge in [-0.25, -0.2) is 23.7 Å². The highest BCUT2D eigenvalue weighted by Gasteiger charge is 2.42. The van der Waals surface area contributed by atoms with Gasteiger partial charge < -0.3 is 14.7 Å². The first-order valence-corrected chi connectivity index (χ1v) is 21.1. The van der Waals surface area contributed by atoms with Crippen LogP contribution in [0.3, 0.4) is 0 Å². The summed E-state index contributed by atoms with van der Waals surface area (Å²) in [6.07, 6.45) is 5.19. The Morgan fingerprint density at radius 3 is 2.16 bits per heavy atom. The molecule has 2 bridgehead atoms. The van der Waals surface area contributed by atoms with Gasteiger partial charge in [0.1, 0.15) is 42.1 Å². The largest absolute Gasteiger partial charge is 0.508 e. The number of piperidine rings is 1. The molecule has 1 aliphatic heterocycles. The zero-order valence-corrected chi connectivity index (χ0v) is 31.9. The predicted molar refractivity (Wildman–Crippen MR) is 200 cm³/mol. The van der Waals surface area contributed by atoms with Crippen molar-refractivity contribution < 1.29 is 18.6 Å². The standard InChI is InChI=1S/C39H48F2N4O2SSi/c1-21(2)47-38-33-36(43-39(48-9)44-37(33)45-19-25-10-11-26(16-25)20-45)34(41)35(42-38)30-18-28(46)17-27-12-13-31(40)29(32(27)30)14-15-49(22(3)4,23(5)6)24(7)8/h12-13,17-18,21-26,46H,10-11,16,19-20H2,1-9H3. The number of thioether (sulfide) groups is 1. The van der Waals surface area contributed by atoms with Gasteiger partial charge in [0.2, 0.25) is 5.88 Å². The van der Waals surface area contributed by atoms with Crippen LogP contribution in [0, 0.1) is 34.9 Å². The zero-order valence-electron chi connectivity index (χ0n) is 30.1. The zero-order chi connectivity index (χ0) is 35.4. The van der Waals surface area contributed by atoms with Crippen LogP contribution >= 0.6 is 11.8 Å². The molecule has 1 N–H and O–H groups in total. The van der Waals surface area contributed by atoms with E-state index in [1.165, 1.54) is 43.2 Å². The minimum absolute atomic E-state index is 0.0757. The number of aromatic nitrogens is 3. The molecule has 2 fully saturated rings. The Bertz CT molecular complexity index is 1940. The number of phenolic OH excluding ortho intramolecular Hbond substituents is 1. The topological polar surface area (TPSA) is 71.4 Å². The maximum atomic E-state index is 17.2. The van der Waals surface area contributed by atoms with Gasteiger partial charge in [-0.1, -0.05) is 65.3 Å². The van der Waals surface area contributed by atoms with Gasteiger partial charge in [-0.05, 0) is 91.4 Å². The monoisotopic (exact) mass is 702 g/mol. The third-order valence-electron chi connectivity index (χ3n) is 10.7. The Hall–Kier alpha value is -3.42. The van der Waals surface area contributed by atoms with Crippen molar-refractivity contribution in [2.24, 2.45) is 11.8 Å². The van der Waals surface area contributed by atoms with Crippen molar-refractivity contribution in [2.45, 2.75) is 103 Å². The van der Waals surface area contributed by atoms with Crippen LogP contribution in [0.25, 0.3) is 32.9 Å². The maximum Gasteiger partial charge on any atom is 0.227 e. The van der Waals surface area contributed by atoms with E-state index in [4.69, 9.17) is 19.7 Å². The van der Waals surface area contributed by atoms with Crippen LogP contribution in [0.1, 0.15) is 80.2 Å². The molecule has 2 aromatic heterocycles. The van der Waals surface area contributed by atoms with Crippen molar-refractivity contribution in [3.63, 3.8) is 0 Å². The van der Waals surface area contributed by atoms with Crippen LogP contribution < -0.4 is 9.64 Å². The molecular formula is C39H48F2N4O2SSi. The lowest BCUT2D eigenvalue weighted by Gasteiger charge is -2.38. The number of aromatic hydroxyl groups is 1. The lowest BCUT2D eigenvalue weighted by atomic mass is 9.95. The van der Waals surface area contributed by atoms with E-state index < -0.39 is 19.7 Å². The number of anilines is 1. The molecule has 49 heavy (non-hydrogen) atoms. The van der Waals surface area contributed by atoms with E-state index in [2.05, 4.69) is 57.9 Å². The summed E-state index contributed by atoms with van der Waals surface area (Å²) >= 11 is 1.35. The van der Waals surface area contributed by atoms with Crippen molar-refractivity contribution >= 4 is 47.3 Å². The number of halogens is 2. The number of benzene rings is 2. The molecule has 2 aromatic carbocycles. The Morgan fingerprint density at radius 2 is 1.57 bits per heavy atom. The maximum absolute atomic E-state index is 17.2. The number of pyridine rings is 1. The molecule has 1 aliphatic carbocycles. The van der Waals surface area contributed by atoms with Crippen LogP contribution in [-0.2, 0) is 0 Å². The van der Waals surface area contributed by atoms with Crippen molar-refractivity contribution in [1.82, 2.24) is 15.0 Å². The van der Waals surface area contributed by atoms with Gasteiger partial charge >= 0.3 is 0 Å². The lowest BCUT2D eigenvalue weighted by molar-refractivity contribution is 0.236. The van der Waals surface area contributed by atoms with Gasteiger partial charge in [0.15, 0.2) is 11.0 Å². The van der Waals surface area contributed by atoms with E-state index in [9.17, 15) is 5.11 Å². The normalized spacial score (nSPS) is 18.0. The average molecular weight is 703 g/mol. The first-order chi connectivity index (χ1) is 23.2. The number of hydrogen-bond acceptors (Lipinski definition) is 7. The molecule has 2 aliphatic rings. The molecule has 4 aromatic rings. The second-order valence-electron chi connectivity index (χ2n) is 15.1. The Balaban J connectivity index is 1.66. The fourth-order valence-electron chi connectivity index (χ4n) is 8.63. The smallest absolute Gasteiger partial charge is 0.227 e. The van der Waals surface area contributed by atoms with E-state index in [0.29, 0.717) is 55.6 Å². The van der Waals surface area contributed by atoms with Crippen molar-refractivity contribution in [3.05, 3.63) is 41.5 Å². The highest BCUT2D eigenvalue weighted by molar-refractivity contribution is 7.98. The Morgan fingerprint density at radius 1 is 0.918 bits per heavy atom. The summed E-state index contributed by atoms with van der Waals surface area (Å²) in [4.78, 5) is 16.7. The molecule has 10 heteroatoms. The summed E-state index contributed by atoms with van der Waals surface area (Å²) in [5.41, 5.74) is 5.10. The second kappa shape index (κ2) is 13.7. The second-order valence-corrected chi connectivity index (χ2v) is 21.5. The van der Waals surface area contributed by atoms with Crippen LogP contribution in [0.5, 0.6) is 11.6 Å². The van der Waals surface area contributed by atoms with E-state index in [0.717, 1.165) is 13.1 Å². The fraction of sp³-hybridized carbons (Fsp3) is 0.513. The third kappa shape index (κ3) is 6.38. The van der Waals surface area contributed by atoms with Crippen LogP contribution in [-0.4, -0.2) is 53.6 Å². The van der Waals surface area contributed by atoms with Crippen LogP contribution in [0.15, 0.2) is 29.4 Å². The lowest BCUT2D eigenvalue weighted by Crippen LogP contribution is -2.43. The van der Waals surface area contributed by atoms with Gasteiger partial charge in [-0.15, -0.1) is 5.54 Å². The van der Waals surface area contributed by atoms with Crippen molar-refractivity contribution in [1.29, 1.82) is 0 Å². The summed E-state index contributed by atoms with van der Waals surface area (Å²) in [6, 6.07) is 5.97. The highest BCUT2D eigenvalue weighted by Crippen LogP contribution is 2.45. The number of nitrogens with zero attached hydrogens (tertiary/aromatic N) is 4. The van der Waals surface area contributed by atoms with Gasteiger partial charge in [-0.3, -0.25) is 0 Å². The third-order valence-corrected chi connectivity index (χ3v) is 17.6. The van der Waals surface area contributed by atoms with Crippen LogP contribution in [0.2, 0.25) is 16.6 Å². The van der Waals surface area contributed by atoms with Crippen molar-refractivity contribution in [2.75, 3.05) is 24.2 Å². The molecule has 6 nitrogen and oxygen atoms in total. The Kier molecular flexibility index (Phi) is 9.91. The number of ether oxygens (including phenoxy) is 1. The molecule has 0 spiro atoms. The number of fused-ring (bicyclic) bond motifs is 4. The summed E-state index contributed by atoms with van der Waals surface area (Å²) < 4.78 is 39.6. The summed E-state index contributed by atoms with van der Waals surface area (Å²) in [6.45, 7) is 18.7. The van der Waals surface area contributed by atoms with Gasteiger partial charge in [0.05, 0.1) is 11.7 Å². The van der Waals surface area contributed by atoms with Crippen molar-refractivity contribution in [3.8, 4) is 34.4 Å². The molecular weight excluding hydrogens is 655 g/mol. The first-order valence-electron chi connectivity index (χ1n) is 17.6. The summed E-state index contributed by atoms with van der Waals surface area (Å²) in [5, 5.41) is 12.8. The minimum Gasteiger partial charge on any atom is -0.508 e. The molecule has 260 valence electrons. The molecule has 3 heterocycles. The number of phenols is 1. The molecule has 2 unspecified atom stereocenters. The van der Waals surface area contributed by atoms with E-state index >= 15 is 8.78 Å². The molecule has 1 saturated heterocycles. The average Bonchev–Trinajstić information content (AvgIpc) is 3.38. The molecule has 0 radical (unpaired) electrons. The van der Waals surface area contributed by atoms with E-state index in [1.807, 2.05) is 20.1 Å². The number of hydrogen-bond donors (Lipinski definition) is 1. The molecule has 2 atom stereocenters. The fourth-order valence-corrected chi connectivity index (χ4v) is 14.2. The predicted octanol–water partition coefficient (Wildman–Crippen LogP) is 10.1. The van der Waals surface area contributed by atoms with Gasteiger partial charge in [0, 0.05) is 24.0 Å². The molecule has 0 amide bonds. The minimum atomic E-state index is -2.25.